The van der Waals surface area contributed by atoms with Crippen LogP contribution in [0.15, 0.2) is 42.5 Å². The zero-order valence-electron chi connectivity index (χ0n) is 15.6. The molecule has 0 radical (unpaired) electrons. The molecule has 1 amide bonds. The predicted molar refractivity (Wildman–Crippen MR) is 103 cm³/mol. The fraction of sp³-hybridized carbons (Fsp3) is 0.381. The highest BCUT2D eigenvalue weighted by molar-refractivity contribution is 5.97. The molecule has 1 N–H and O–H groups in total. The number of carbonyl (C=O) groups is 1. The first-order valence-electron chi connectivity index (χ1n) is 8.99. The van der Waals surface area contributed by atoms with Gasteiger partial charge in [-0.25, -0.2) is 0 Å². The minimum Gasteiger partial charge on any atom is -0.493 e. The van der Waals surface area contributed by atoms with Gasteiger partial charge in [0.2, 0.25) is 0 Å². The van der Waals surface area contributed by atoms with E-state index < -0.39 is 0 Å². The summed E-state index contributed by atoms with van der Waals surface area (Å²) in [6.07, 6.45) is 1.97. The molecule has 1 heterocycles. The van der Waals surface area contributed by atoms with E-state index in [9.17, 15) is 4.79 Å². The first kappa shape index (κ1) is 18.1. The molecule has 0 unspecified atom stereocenters. The van der Waals surface area contributed by atoms with Gasteiger partial charge in [-0.1, -0.05) is 24.3 Å². The zero-order valence-corrected chi connectivity index (χ0v) is 15.6. The standard InChI is InChI=1S/C21H26N2O3/c1-15-14-16-8-4-5-10-18(16)23(15)13-7-12-22-21(24)17-9-6-11-19(25-2)20(17)26-3/h4-6,8-11,15H,7,12-14H2,1-3H3,(H,22,24)/t15-/m0/s1. The fourth-order valence-corrected chi connectivity index (χ4v) is 3.58. The number of hydrogen-bond acceptors (Lipinski definition) is 4. The van der Waals surface area contributed by atoms with Gasteiger partial charge in [-0.15, -0.1) is 0 Å². The average Bonchev–Trinajstić information content (AvgIpc) is 2.99. The molecule has 3 rings (SSSR count). The van der Waals surface area contributed by atoms with E-state index in [1.807, 2.05) is 0 Å². The molecule has 0 saturated carbocycles. The summed E-state index contributed by atoms with van der Waals surface area (Å²) in [5.74, 6) is 0.882. The largest absolute Gasteiger partial charge is 0.493 e. The molecule has 0 aromatic heterocycles. The van der Waals surface area contributed by atoms with Crippen LogP contribution in [0, 0.1) is 0 Å². The van der Waals surface area contributed by atoms with E-state index in [1.165, 1.54) is 11.3 Å². The number of benzene rings is 2. The maximum atomic E-state index is 12.5. The lowest BCUT2D eigenvalue weighted by Crippen LogP contribution is -2.33. The van der Waals surface area contributed by atoms with E-state index in [1.54, 1.807) is 32.4 Å². The molecule has 1 aliphatic rings. The Morgan fingerprint density at radius 1 is 1.15 bits per heavy atom. The number of anilines is 1. The van der Waals surface area contributed by atoms with Gasteiger partial charge in [-0.05, 0) is 43.5 Å². The first-order valence-corrected chi connectivity index (χ1v) is 8.99. The quantitative estimate of drug-likeness (QED) is 0.776. The highest BCUT2D eigenvalue weighted by Crippen LogP contribution is 2.32. The molecule has 26 heavy (non-hydrogen) atoms. The number of carbonyl (C=O) groups excluding carboxylic acids is 1. The van der Waals surface area contributed by atoms with Gasteiger partial charge in [0, 0.05) is 24.8 Å². The minimum atomic E-state index is -0.143. The number of ether oxygens (including phenoxy) is 2. The highest BCUT2D eigenvalue weighted by Gasteiger charge is 2.24. The molecule has 5 heteroatoms. The Morgan fingerprint density at radius 2 is 1.96 bits per heavy atom. The van der Waals surface area contributed by atoms with Crippen molar-refractivity contribution >= 4 is 11.6 Å². The average molecular weight is 354 g/mol. The summed E-state index contributed by atoms with van der Waals surface area (Å²) in [7, 11) is 3.11. The lowest BCUT2D eigenvalue weighted by molar-refractivity contribution is 0.0949. The van der Waals surface area contributed by atoms with Crippen LogP contribution in [0.25, 0.3) is 0 Å². The smallest absolute Gasteiger partial charge is 0.255 e. The van der Waals surface area contributed by atoms with E-state index in [4.69, 9.17) is 9.47 Å². The van der Waals surface area contributed by atoms with Crippen molar-refractivity contribution in [1.82, 2.24) is 5.32 Å². The predicted octanol–water partition coefficient (Wildman–Crippen LogP) is 3.27. The van der Waals surface area contributed by atoms with Crippen LogP contribution in [0.3, 0.4) is 0 Å². The summed E-state index contributed by atoms with van der Waals surface area (Å²) in [5.41, 5.74) is 3.22. The van der Waals surface area contributed by atoms with Crippen molar-refractivity contribution in [2.75, 3.05) is 32.2 Å². The molecule has 2 aromatic rings. The summed E-state index contributed by atoms with van der Waals surface area (Å²) < 4.78 is 10.6. The number of fused-ring (bicyclic) bond motifs is 1. The summed E-state index contributed by atoms with van der Waals surface area (Å²) in [6.45, 7) is 3.79. The van der Waals surface area contributed by atoms with Gasteiger partial charge >= 0.3 is 0 Å². The molecule has 0 fully saturated rings. The van der Waals surface area contributed by atoms with Gasteiger partial charge in [0.1, 0.15) is 0 Å². The van der Waals surface area contributed by atoms with Gasteiger partial charge in [0.15, 0.2) is 11.5 Å². The van der Waals surface area contributed by atoms with Crippen LogP contribution in [-0.2, 0) is 6.42 Å². The van der Waals surface area contributed by atoms with E-state index in [-0.39, 0.29) is 5.91 Å². The Morgan fingerprint density at radius 3 is 2.73 bits per heavy atom. The molecular weight excluding hydrogens is 328 g/mol. The number of nitrogens with one attached hydrogen (secondary N) is 1. The number of rotatable bonds is 7. The van der Waals surface area contributed by atoms with E-state index in [0.717, 1.165) is 19.4 Å². The van der Waals surface area contributed by atoms with Crippen LogP contribution < -0.4 is 19.7 Å². The molecule has 0 aliphatic carbocycles. The molecule has 0 saturated heterocycles. The summed E-state index contributed by atoms with van der Waals surface area (Å²) in [6, 6.07) is 14.4. The normalized spacial score (nSPS) is 15.5. The Labute approximate surface area is 154 Å². The lowest BCUT2D eigenvalue weighted by Gasteiger charge is -2.25. The second-order valence-corrected chi connectivity index (χ2v) is 6.53. The van der Waals surface area contributed by atoms with E-state index in [0.29, 0.717) is 29.6 Å². The maximum Gasteiger partial charge on any atom is 0.255 e. The van der Waals surface area contributed by atoms with Crippen LogP contribution in [0.5, 0.6) is 11.5 Å². The molecule has 1 aliphatic heterocycles. The summed E-state index contributed by atoms with van der Waals surface area (Å²) in [4.78, 5) is 14.9. The van der Waals surface area contributed by atoms with Gasteiger partial charge < -0.3 is 19.7 Å². The molecule has 1 atom stereocenters. The maximum absolute atomic E-state index is 12.5. The van der Waals surface area contributed by atoms with Gasteiger partial charge in [-0.2, -0.15) is 0 Å². The van der Waals surface area contributed by atoms with Crippen molar-refractivity contribution in [3.05, 3.63) is 53.6 Å². The highest BCUT2D eigenvalue weighted by atomic mass is 16.5. The van der Waals surface area contributed by atoms with Crippen LogP contribution in [-0.4, -0.2) is 39.3 Å². The van der Waals surface area contributed by atoms with Crippen molar-refractivity contribution in [3.8, 4) is 11.5 Å². The van der Waals surface area contributed by atoms with E-state index >= 15 is 0 Å². The monoisotopic (exact) mass is 354 g/mol. The molecule has 5 nitrogen and oxygen atoms in total. The number of hydrogen-bond donors (Lipinski definition) is 1. The molecule has 0 bridgehead atoms. The van der Waals surface area contributed by atoms with Crippen molar-refractivity contribution in [1.29, 1.82) is 0 Å². The second-order valence-electron chi connectivity index (χ2n) is 6.53. The Balaban J connectivity index is 1.55. The van der Waals surface area contributed by atoms with Gasteiger partial charge in [-0.3, -0.25) is 4.79 Å². The molecule has 138 valence electrons. The lowest BCUT2D eigenvalue weighted by atomic mass is 10.1. The zero-order chi connectivity index (χ0) is 18.5. The Hall–Kier alpha value is -2.69. The number of methoxy groups -OCH3 is 2. The Bertz CT molecular complexity index is 776. The third kappa shape index (κ3) is 3.62. The Kier molecular flexibility index (Phi) is 5.66. The van der Waals surface area contributed by atoms with Crippen molar-refractivity contribution in [2.45, 2.75) is 25.8 Å². The topological polar surface area (TPSA) is 50.8 Å². The summed E-state index contributed by atoms with van der Waals surface area (Å²) in [5, 5.41) is 2.99. The number of amides is 1. The van der Waals surface area contributed by atoms with Crippen LogP contribution in [0.4, 0.5) is 5.69 Å². The third-order valence-electron chi connectivity index (χ3n) is 4.86. The molecule has 0 spiro atoms. The van der Waals surface area contributed by atoms with Gasteiger partial charge in [0.25, 0.3) is 5.91 Å². The molecule has 2 aromatic carbocycles. The fourth-order valence-electron chi connectivity index (χ4n) is 3.58. The second kappa shape index (κ2) is 8.13. The third-order valence-corrected chi connectivity index (χ3v) is 4.86. The van der Waals surface area contributed by atoms with Gasteiger partial charge in [0.05, 0.1) is 19.8 Å². The van der Waals surface area contributed by atoms with Crippen molar-refractivity contribution < 1.29 is 14.3 Å². The van der Waals surface area contributed by atoms with Crippen LogP contribution in [0.2, 0.25) is 0 Å². The SMILES string of the molecule is COc1cccc(C(=O)NCCCN2c3ccccc3C[C@@H]2C)c1OC. The minimum absolute atomic E-state index is 0.143. The number of nitrogens with zero attached hydrogens (tertiary/aromatic N) is 1. The van der Waals surface area contributed by atoms with Crippen LogP contribution >= 0.6 is 0 Å². The number of para-hydroxylation sites is 2. The van der Waals surface area contributed by atoms with E-state index in [2.05, 4.69) is 41.4 Å². The van der Waals surface area contributed by atoms with Crippen molar-refractivity contribution in [2.24, 2.45) is 0 Å². The molecular formula is C21H26N2O3. The van der Waals surface area contributed by atoms with Crippen LogP contribution in [0.1, 0.15) is 29.3 Å². The first-order chi connectivity index (χ1) is 12.7. The summed E-state index contributed by atoms with van der Waals surface area (Å²) >= 11 is 0. The van der Waals surface area contributed by atoms with Crippen molar-refractivity contribution in [3.63, 3.8) is 0 Å².